The topological polar surface area (TPSA) is 16.1 Å². The monoisotopic (exact) mass is 306 g/mol. The van der Waals surface area contributed by atoms with E-state index >= 15 is 0 Å². The van der Waals surface area contributed by atoms with Gasteiger partial charge in [-0.05, 0) is 50.9 Å². The van der Waals surface area contributed by atoms with Crippen molar-refractivity contribution in [2.24, 2.45) is 5.92 Å². The molecule has 1 fully saturated rings. The molecule has 108 valence electrons. The molecule has 2 aromatic rings. The third kappa shape index (κ3) is 3.30. The molecule has 1 aliphatic rings. The third-order valence-corrected chi connectivity index (χ3v) is 6.35. The van der Waals surface area contributed by atoms with Gasteiger partial charge in [-0.1, -0.05) is 13.3 Å². The van der Waals surface area contributed by atoms with Gasteiger partial charge in [0, 0.05) is 22.5 Å². The number of aromatic nitrogens is 1. The van der Waals surface area contributed by atoms with Gasteiger partial charge in [0.25, 0.3) is 0 Å². The summed E-state index contributed by atoms with van der Waals surface area (Å²) >= 11 is 3.66. The van der Waals surface area contributed by atoms with Crippen molar-refractivity contribution in [1.82, 2.24) is 9.88 Å². The van der Waals surface area contributed by atoms with Gasteiger partial charge in [0.15, 0.2) is 0 Å². The summed E-state index contributed by atoms with van der Waals surface area (Å²) in [7, 11) is 0. The van der Waals surface area contributed by atoms with Crippen LogP contribution in [0.4, 0.5) is 0 Å². The molecule has 0 spiro atoms. The Hall–Kier alpha value is -0.710. The van der Waals surface area contributed by atoms with Crippen LogP contribution in [0, 0.1) is 12.8 Å². The van der Waals surface area contributed by atoms with Crippen molar-refractivity contribution >= 4 is 22.7 Å². The van der Waals surface area contributed by atoms with Crippen molar-refractivity contribution in [1.29, 1.82) is 0 Å². The first-order valence-electron chi connectivity index (χ1n) is 7.48. The highest BCUT2D eigenvalue weighted by atomic mass is 32.1. The summed E-state index contributed by atoms with van der Waals surface area (Å²) in [5.74, 6) is 0.962. The number of thiophene rings is 1. The minimum absolute atomic E-state index is 0.962. The fourth-order valence-electron chi connectivity index (χ4n) is 2.82. The number of hydrogen-bond donors (Lipinski definition) is 0. The van der Waals surface area contributed by atoms with Crippen LogP contribution in [0.5, 0.6) is 0 Å². The van der Waals surface area contributed by atoms with E-state index in [9.17, 15) is 0 Å². The van der Waals surface area contributed by atoms with Crippen molar-refractivity contribution in [2.45, 2.75) is 39.7 Å². The molecule has 2 aromatic heterocycles. The largest absolute Gasteiger partial charge is 0.298 e. The van der Waals surface area contributed by atoms with Crippen LogP contribution in [-0.4, -0.2) is 23.0 Å². The average molecular weight is 307 g/mol. The number of hydrogen-bond acceptors (Lipinski definition) is 4. The predicted molar refractivity (Wildman–Crippen MR) is 88.5 cm³/mol. The van der Waals surface area contributed by atoms with Crippen LogP contribution in [0.3, 0.4) is 0 Å². The van der Waals surface area contributed by atoms with Crippen LogP contribution in [0.2, 0.25) is 0 Å². The summed E-state index contributed by atoms with van der Waals surface area (Å²) in [6.07, 6.45) is 4.10. The lowest BCUT2D eigenvalue weighted by molar-refractivity contribution is 0.176. The lowest BCUT2D eigenvalue weighted by atomic mass is 9.94. The number of piperidine rings is 1. The molecule has 3 heterocycles. The van der Waals surface area contributed by atoms with Crippen LogP contribution in [0.15, 0.2) is 17.5 Å². The van der Waals surface area contributed by atoms with Crippen molar-refractivity contribution in [2.75, 3.05) is 13.1 Å². The zero-order valence-electron chi connectivity index (χ0n) is 12.3. The lowest BCUT2D eigenvalue weighted by Crippen LogP contribution is -2.32. The molecule has 0 bridgehead atoms. The van der Waals surface area contributed by atoms with E-state index in [0.717, 1.165) is 18.2 Å². The van der Waals surface area contributed by atoms with Crippen molar-refractivity contribution in [3.05, 3.63) is 28.1 Å². The van der Waals surface area contributed by atoms with Gasteiger partial charge < -0.3 is 0 Å². The Balaban J connectivity index is 1.60. The number of aryl methyl sites for hydroxylation is 1. The molecule has 0 unspecified atom stereocenters. The van der Waals surface area contributed by atoms with Crippen molar-refractivity contribution in [3.8, 4) is 9.88 Å². The average Bonchev–Trinajstić information content (AvgIpc) is 3.09. The molecular weight excluding hydrogens is 284 g/mol. The van der Waals surface area contributed by atoms with Crippen LogP contribution in [0.1, 0.15) is 36.8 Å². The summed E-state index contributed by atoms with van der Waals surface area (Å²) in [5.41, 5.74) is 1.13. The second-order valence-corrected chi connectivity index (χ2v) is 7.71. The van der Waals surface area contributed by atoms with Crippen LogP contribution in [-0.2, 0) is 6.54 Å². The van der Waals surface area contributed by atoms with E-state index in [-0.39, 0.29) is 0 Å². The molecule has 20 heavy (non-hydrogen) atoms. The Morgan fingerprint density at radius 3 is 2.75 bits per heavy atom. The van der Waals surface area contributed by atoms with Gasteiger partial charge in [-0.25, -0.2) is 4.98 Å². The van der Waals surface area contributed by atoms with Crippen LogP contribution < -0.4 is 0 Å². The van der Waals surface area contributed by atoms with Gasteiger partial charge in [0.05, 0.1) is 4.88 Å². The maximum atomic E-state index is 4.58. The summed E-state index contributed by atoms with van der Waals surface area (Å²) < 4.78 is 0. The summed E-state index contributed by atoms with van der Waals surface area (Å²) in [4.78, 5) is 9.98. The molecule has 3 rings (SSSR count). The Kier molecular flexibility index (Phi) is 4.54. The Morgan fingerprint density at radius 2 is 2.10 bits per heavy atom. The Labute approximate surface area is 129 Å². The molecule has 1 aliphatic heterocycles. The number of thiazole rings is 1. The zero-order valence-corrected chi connectivity index (χ0v) is 13.9. The molecule has 2 nitrogen and oxygen atoms in total. The molecule has 0 saturated carbocycles. The molecule has 0 atom stereocenters. The molecule has 0 N–H and O–H groups in total. The zero-order chi connectivity index (χ0) is 13.9. The summed E-state index contributed by atoms with van der Waals surface area (Å²) in [5, 5.41) is 3.30. The first-order chi connectivity index (χ1) is 9.74. The van der Waals surface area contributed by atoms with Gasteiger partial charge in [-0.15, -0.1) is 22.7 Å². The first-order valence-corrected chi connectivity index (χ1v) is 9.17. The van der Waals surface area contributed by atoms with E-state index in [2.05, 4.69) is 41.2 Å². The van der Waals surface area contributed by atoms with Crippen molar-refractivity contribution in [3.63, 3.8) is 0 Å². The Bertz CT molecular complexity index is 550. The highest BCUT2D eigenvalue weighted by Crippen LogP contribution is 2.31. The second-order valence-electron chi connectivity index (χ2n) is 5.69. The maximum Gasteiger partial charge on any atom is 0.133 e. The summed E-state index contributed by atoms with van der Waals surface area (Å²) in [6.45, 7) is 8.03. The minimum Gasteiger partial charge on any atom is -0.298 e. The maximum absolute atomic E-state index is 4.58. The minimum atomic E-state index is 0.962. The number of likely N-dealkylation sites (tertiary alicyclic amines) is 1. The number of nitrogens with zero attached hydrogens (tertiary/aromatic N) is 2. The summed E-state index contributed by atoms with van der Waals surface area (Å²) in [6, 6.07) is 4.51. The highest BCUT2D eigenvalue weighted by Gasteiger charge is 2.18. The van der Waals surface area contributed by atoms with Gasteiger partial charge in [0.2, 0.25) is 0 Å². The lowest BCUT2D eigenvalue weighted by Gasteiger charge is -2.31. The van der Waals surface area contributed by atoms with Gasteiger partial charge in [-0.2, -0.15) is 0 Å². The molecule has 1 saturated heterocycles. The normalized spacial score (nSPS) is 17.7. The smallest absolute Gasteiger partial charge is 0.133 e. The molecule has 0 aliphatic carbocycles. The van der Waals surface area contributed by atoms with E-state index in [1.165, 1.54) is 47.1 Å². The van der Waals surface area contributed by atoms with E-state index < -0.39 is 0 Å². The third-order valence-electron chi connectivity index (χ3n) is 4.16. The fourth-order valence-corrected chi connectivity index (χ4v) is 4.74. The van der Waals surface area contributed by atoms with E-state index in [1.807, 2.05) is 11.3 Å². The molecule has 0 aromatic carbocycles. The van der Waals surface area contributed by atoms with Gasteiger partial charge in [-0.3, -0.25) is 4.90 Å². The SMILES string of the molecule is CCC1CCN(Cc2ccc(-c3nc(C)cs3)s2)CC1. The second kappa shape index (κ2) is 6.37. The molecular formula is C16H22N2S2. The predicted octanol–water partition coefficient (Wildman–Crippen LogP) is 4.80. The number of rotatable bonds is 4. The highest BCUT2D eigenvalue weighted by molar-refractivity contribution is 7.21. The first kappa shape index (κ1) is 14.2. The van der Waals surface area contributed by atoms with E-state index in [0.29, 0.717) is 0 Å². The van der Waals surface area contributed by atoms with Crippen LogP contribution in [0.25, 0.3) is 9.88 Å². The molecule has 0 amide bonds. The fraction of sp³-hybridized carbons (Fsp3) is 0.562. The van der Waals surface area contributed by atoms with E-state index in [4.69, 9.17) is 0 Å². The standard InChI is InChI=1S/C16H22N2S2/c1-3-13-6-8-18(9-7-13)10-14-4-5-15(20-14)16-17-12(2)11-19-16/h4-5,11,13H,3,6-10H2,1-2H3. The molecule has 4 heteroatoms. The van der Waals surface area contributed by atoms with Crippen LogP contribution >= 0.6 is 22.7 Å². The van der Waals surface area contributed by atoms with E-state index in [1.54, 1.807) is 11.3 Å². The Morgan fingerprint density at radius 1 is 1.30 bits per heavy atom. The van der Waals surface area contributed by atoms with Gasteiger partial charge in [0.1, 0.15) is 5.01 Å². The molecule has 0 radical (unpaired) electrons. The van der Waals surface area contributed by atoms with Crippen molar-refractivity contribution < 1.29 is 0 Å². The van der Waals surface area contributed by atoms with Gasteiger partial charge >= 0.3 is 0 Å². The quantitative estimate of drug-likeness (QED) is 0.806.